The number of imidazole rings is 1. The van der Waals surface area contributed by atoms with Gasteiger partial charge in [-0.2, -0.15) is 0 Å². The maximum Gasteiger partial charge on any atom is 0.206 e. The zero-order valence-electron chi connectivity index (χ0n) is 11.6. The van der Waals surface area contributed by atoms with Gasteiger partial charge in [-0.1, -0.05) is 12.1 Å². The van der Waals surface area contributed by atoms with E-state index in [9.17, 15) is 4.39 Å². The van der Waals surface area contributed by atoms with Crippen LogP contribution in [-0.4, -0.2) is 23.6 Å². The van der Waals surface area contributed by atoms with Crippen LogP contribution in [0.3, 0.4) is 0 Å². The number of anilines is 2. The first-order valence-electron chi connectivity index (χ1n) is 6.38. The lowest BCUT2D eigenvalue weighted by Gasteiger charge is -2.18. The molecule has 2 aromatic carbocycles. The molecular weight excluding hydrogens is 382 g/mol. The Kier molecular flexibility index (Phi) is 3.48. The molecule has 0 radical (unpaired) electrons. The normalized spacial score (nSPS) is 11.0. The van der Waals surface area contributed by atoms with Gasteiger partial charge in [-0.15, -0.1) is 0 Å². The number of para-hydroxylation sites is 2. The van der Waals surface area contributed by atoms with Gasteiger partial charge in [0, 0.05) is 20.2 Å². The van der Waals surface area contributed by atoms with Gasteiger partial charge >= 0.3 is 0 Å². The predicted molar refractivity (Wildman–Crippen MR) is 92.5 cm³/mol. The van der Waals surface area contributed by atoms with Crippen LogP contribution in [0.25, 0.3) is 16.7 Å². The highest BCUT2D eigenvalue weighted by molar-refractivity contribution is 14.1. The molecule has 0 aliphatic heterocycles. The van der Waals surface area contributed by atoms with Crippen LogP contribution < -0.4 is 10.6 Å². The first-order chi connectivity index (χ1) is 9.99. The van der Waals surface area contributed by atoms with Crippen LogP contribution in [0.4, 0.5) is 16.0 Å². The summed E-state index contributed by atoms with van der Waals surface area (Å²) in [6.07, 6.45) is 0. The lowest BCUT2D eigenvalue weighted by molar-refractivity contribution is 0.622. The Labute approximate surface area is 135 Å². The van der Waals surface area contributed by atoms with Crippen LogP contribution >= 0.6 is 22.6 Å². The molecule has 3 aromatic rings. The fourth-order valence-electron chi connectivity index (χ4n) is 2.38. The van der Waals surface area contributed by atoms with E-state index in [1.807, 2.05) is 65.9 Å². The molecule has 0 aliphatic rings. The molecule has 0 unspecified atom stereocenters. The summed E-state index contributed by atoms with van der Waals surface area (Å²) in [5.41, 5.74) is 9.28. The molecule has 108 valence electrons. The van der Waals surface area contributed by atoms with Gasteiger partial charge in [-0.25, -0.2) is 9.37 Å². The molecule has 0 saturated heterocycles. The van der Waals surface area contributed by atoms with Gasteiger partial charge < -0.3 is 10.6 Å². The summed E-state index contributed by atoms with van der Waals surface area (Å²) in [7, 11) is 3.91. The number of fused-ring (bicyclic) bond motifs is 1. The third-order valence-electron chi connectivity index (χ3n) is 3.33. The summed E-state index contributed by atoms with van der Waals surface area (Å²) in [6.45, 7) is 0. The number of hydrogen-bond donors (Lipinski definition) is 1. The van der Waals surface area contributed by atoms with Crippen LogP contribution in [0.2, 0.25) is 0 Å². The molecule has 1 heterocycles. The number of rotatable bonds is 2. The van der Waals surface area contributed by atoms with Crippen molar-refractivity contribution >= 4 is 45.3 Å². The number of nitrogen functional groups attached to an aromatic ring is 1. The Morgan fingerprint density at radius 1 is 1.24 bits per heavy atom. The van der Waals surface area contributed by atoms with Gasteiger partial charge in [0.05, 0.1) is 26.0 Å². The van der Waals surface area contributed by atoms with Crippen LogP contribution in [0.15, 0.2) is 36.4 Å². The highest BCUT2D eigenvalue weighted by Gasteiger charge is 2.15. The summed E-state index contributed by atoms with van der Waals surface area (Å²) >= 11 is 1.95. The van der Waals surface area contributed by atoms with Gasteiger partial charge in [-0.05, 0) is 40.8 Å². The van der Waals surface area contributed by atoms with Crippen molar-refractivity contribution in [3.05, 3.63) is 45.8 Å². The minimum absolute atomic E-state index is 0.272. The molecule has 1 aromatic heterocycles. The molecule has 0 amide bonds. The molecule has 0 bridgehead atoms. The molecule has 0 aliphatic carbocycles. The standard InChI is InChI=1S/C15H14FIN4/c1-20(2)12-5-3-4-6-13(12)21-14-7-9(16)10(17)8-11(14)19-15(21)18/h3-8H,1-2H3,(H2,18,19). The largest absolute Gasteiger partial charge is 0.376 e. The number of halogens is 2. The fraction of sp³-hybridized carbons (Fsp3) is 0.133. The second-order valence-electron chi connectivity index (χ2n) is 4.94. The molecular formula is C15H14FIN4. The lowest BCUT2D eigenvalue weighted by Crippen LogP contribution is -2.13. The van der Waals surface area contributed by atoms with E-state index in [0.717, 1.165) is 11.4 Å². The SMILES string of the molecule is CN(C)c1ccccc1-n1c(N)nc2cc(I)c(F)cc21. The van der Waals surface area contributed by atoms with Crippen LogP contribution in [0, 0.1) is 9.39 Å². The van der Waals surface area contributed by atoms with Crippen molar-refractivity contribution in [3.8, 4) is 5.69 Å². The van der Waals surface area contributed by atoms with E-state index in [2.05, 4.69) is 4.98 Å². The summed E-state index contributed by atoms with van der Waals surface area (Å²) in [6, 6.07) is 11.0. The van der Waals surface area contributed by atoms with E-state index in [4.69, 9.17) is 5.73 Å². The van der Waals surface area contributed by atoms with E-state index in [0.29, 0.717) is 20.6 Å². The van der Waals surface area contributed by atoms with E-state index >= 15 is 0 Å². The Balaban J connectivity index is 2.35. The molecule has 0 saturated carbocycles. The summed E-state index contributed by atoms with van der Waals surface area (Å²) in [5.74, 6) is 0.0762. The van der Waals surface area contributed by atoms with Gasteiger partial charge in [0.15, 0.2) is 0 Å². The summed E-state index contributed by atoms with van der Waals surface area (Å²) in [5, 5.41) is 0. The van der Waals surface area contributed by atoms with Crippen molar-refractivity contribution in [2.75, 3.05) is 24.7 Å². The van der Waals surface area contributed by atoms with Gasteiger partial charge in [0.1, 0.15) is 5.82 Å². The Morgan fingerprint density at radius 3 is 2.67 bits per heavy atom. The first kappa shape index (κ1) is 14.1. The third kappa shape index (κ3) is 2.33. The average molecular weight is 396 g/mol. The Morgan fingerprint density at radius 2 is 1.95 bits per heavy atom. The van der Waals surface area contributed by atoms with Crippen molar-refractivity contribution in [1.29, 1.82) is 0 Å². The Hall–Kier alpha value is -1.83. The van der Waals surface area contributed by atoms with Crippen molar-refractivity contribution in [2.45, 2.75) is 0 Å². The van der Waals surface area contributed by atoms with E-state index in [1.165, 1.54) is 6.07 Å². The first-order valence-corrected chi connectivity index (χ1v) is 7.46. The van der Waals surface area contributed by atoms with Gasteiger partial charge in [0.25, 0.3) is 0 Å². The zero-order chi connectivity index (χ0) is 15.1. The van der Waals surface area contributed by atoms with E-state index < -0.39 is 0 Å². The van der Waals surface area contributed by atoms with Crippen molar-refractivity contribution < 1.29 is 4.39 Å². The van der Waals surface area contributed by atoms with Crippen molar-refractivity contribution in [2.24, 2.45) is 0 Å². The topological polar surface area (TPSA) is 47.1 Å². The van der Waals surface area contributed by atoms with Gasteiger partial charge in [-0.3, -0.25) is 4.57 Å². The average Bonchev–Trinajstić information content (AvgIpc) is 2.74. The Bertz CT molecular complexity index is 826. The van der Waals surface area contributed by atoms with Crippen molar-refractivity contribution in [1.82, 2.24) is 9.55 Å². The number of nitrogens with two attached hydrogens (primary N) is 1. The number of benzene rings is 2. The summed E-state index contributed by atoms with van der Waals surface area (Å²) in [4.78, 5) is 6.33. The lowest BCUT2D eigenvalue weighted by atomic mass is 10.2. The maximum absolute atomic E-state index is 13.9. The monoisotopic (exact) mass is 396 g/mol. The molecule has 0 atom stereocenters. The zero-order valence-corrected chi connectivity index (χ0v) is 13.8. The molecule has 6 heteroatoms. The highest BCUT2D eigenvalue weighted by atomic mass is 127. The fourth-order valence-corrected chi connectivity index (χ4v) is 2.83. The van der Waals surface area contributed by atoms with Gasteiger partial charge in [0.2, 0.25) is 5.95 Å². The highest BCUT2D eigenvalue weighted by Crippen LogP contribution is 2.30. The molecule has 0 fully saturated rings. The third-order valence-corrected chi connectivity index (χ3v) is 4.15. The van der Waals surface area contributed by atoms with Crippen molar-refractivity contribution in [3.63, 3.8) is 0 Å². The molecule has 3 rings (SSSR count). The molecule has 0 spiro atoms. The van der Waals surface area contributed by atoms with E-state index in [-0.39, 0.29) is 5.82 Å². The predicted octanol–water partition coefficient (Wildman–Crippen LogP) is 3.42. The second kappa shape index (κ2) is 5.18. The quantitative estimate of drug-likeness (QED) is 0.676. The molecule has 2 N–H and O–H groups in total. The minimum atomic E-state index is -0.272. The molecule has 4 nitrogen and oxygen atoms in total. The maximum atomic E-state index is 13.9. The minimum Gasteiger partial charge on any atom is -0.376 e. The number of nitrogens with zero attached hydrogens (tertiary/aromatic N) is 3. The van der Waals surface area contributed by atoms with Crippen LogP contribution in [0.1, 0.15) is 0 Å². The van der Waals surface area contributed by atoms with Crippen LogP contribution in [0.5, 0.6) is 0 Å². The number of aromatic nitrogens is 2. The summed E-state index contributed by atoms with van der Waals surface area (Å²) < 4.78 is 16.2. The van der Waals surface area contributed by atoms with E-state index in [1.54, 1.807) is 10.6 Å². The second-order valence-corrected chi connectivity index (χ2v) is 6.11. The number of hydrogen-bond acceptors (Lipinski definition) is 3. The van der Waals surface area contributed by atoms with Crippen LogP contribution in [-0.2, 0) is 0 Å². The smallest absolute Gasteiger partial charge is 0.206 e. The molecule has 21 heavy (non-hydrogen) atoms.